The Morgan fingerprint density at radius 2 is 2.43 bits per heavy atom. The lowest BCUT2D eigenvalue weighted by molar-refractivity contribution is -0.119. The normalized spacial score (nSPS) is 17.5. The van der Waals surface area contributed by atoms with E-state index in [1.807, 2.05) is 12.1 Å². The van der Waals surface area contributed by atoms with E-state index in [1.54, 1.807) is 34.4 Å². The first-order chi connectivity index (χ1) is 10.3. The van der Waals surface area contributed by atoms with Crippen LogP contribution in [0.15, 0.2) is 37.1 Å². The van der Waals surface area contributed by atoms with E-state index in [4.69, 9.17) is 5.26 Å². The molecule has 3 heterocycles. The average Bonchev–Trinajstić information content (AvgIpc) is 3.17. The van der Waals surface area contributed by atoms with E-state index in [2.05, 4.69) is 21.5 Å². The summed E-state index contributed by atoms with van der Waals surface area (Å²) in [6.45, 7) is 1.12. The van der Waals surface area contributed by atoms with E-state index >= 15 is 0 Å². The maximum absolute atomic E-state index is 12.1. The summed E-state index contributed by atoms with van der Waals surface area (Å²) in [5.41, 5.74) is 0.877. The minimum atomic E-state index is -0.159. The molecule has 3 rings (SSSR count). The molecule has 7 heteroatoms. The van der Waals surface area contributed by atoms with Gasteiger partial charge in [0.2, 0.25) is 5.91 Å². The lowest BCUT2D eigenvalue weighted by Crippen LogP contribution is -2.25. The molecule has 0 aliphatic carbocycles. The van der Waals surface area contributed by atoms with Gasteiger partial charge in [-0.25, -0.2) is 4.98 Å². The Bertz CT molecular complexity index is 674. The molecule has 0 radical (unpaired) electrons. The number of nitriles is 1. The fraction of sp³-hybridized carbons (Fsp3) is 0.286. The van der Waals surface area contributed by atoms with Crippen LogP contribution in [-0.4, -0.2) is 38.4 Å². The van der Waals surface area contributed by atoms with Crippen LogP contribution in [0.3, 0.4) is 0 Å². The Kier molecular flexibility index (Phi) is 3.51. The number of imidazole rings is 1. The molecule has 0 bridgehead atoms. The van der Waals surface area contributed by atoms with Crippen molar-refractivity contribution in [3.05, 3.63) is 37.1 Å². The van der Waals surface area contributed by atoms with Crippen LogP contribution in [0.4, 0.5) is 5.82 Å². The molecular formula is C14H14N6O. The van der Waals surface area contributed by atoms with Crippen LogP contribution in [0.5, 0.6) is 0 Å². The number of likely N-dealkylation sites (tertiary alicyclic amines) is 1. The molecule has 1 amide bonds. The Hall–Kier alpha value is -2.88. The van der Waals surface area contributed by atoms with Crippen LogP contribution in [0.25, 0.3) is 5.69 Å². The van der Waals surface area contributed by atoms with Crippen LogP contribution in [0.1, 0.15) is 6.42 Å². The quantitative estimate of drug-likeness (QED) is 0.849. The van der Waals surface area contributed by atoms with Gasteiger partial charge in [0.15, 0.2) is 12.0 Å². The molecule has 1 unspecified atom stereocenters. The molecule has 0 aromatic carbocycles. The van der Waals surface area contributed by atoms with Crippen molar-refractivity contribution >= 4 is 11.7 Å². The largest absolute Gasteiger partial charge is 0.310 e. The number of nitrogens with one attached hydrogen (secondary N) is 1. The molecule has 1 atom stereocenters. The monoisotopic (exact) mass is 282 g/mol. The second-order valence-corrected chi connectivity index (χ2v) is 4.90. The predicted octanol–water partition coefficient (Wildman–Crippen LogP) is 1.01. The summed E-state index contributed by atoms with van der Waals surface area (Å²) in [5, 5.41) is 11.6. The summed E-state index contributed by atoms with van der Waals surface area (Å²) in [7, 11) is 0. The third-order valence-electron chi connectivity index (χ3n) is 3.48. The Morgan fingerprint density at radius 3 is 3.14 bits per heavy atom. The van der Waals surface area contributed by atoms with Gasteiger partial charge < -0.3 is 14.8 Å². The Morgan fingerprint density at radius 1 is 1.52 bits per heavy atom. The smallest absolute Gasteiger partial charge is 0.230 e. The number of pyridine rings is 1. The molecule has 106 valence electrons. The van der Waals surface area contributed by atoms with Gasteiger partial charge >= 0.3 is 0 Å². The molecule has 1 aliphatic heterocycles. The lowest BCUT2D eigenvalue weighted by Gasteiger charge is -2.08. The first kappa shape index (κ1) is 13.1. The zero-order valence-electron chi connectivity index (χ0n) is 11.3. The minimum absolute atomic E-state index is 0.0933. The van der Waals surface area contributed by atoms with Gasteiger partial charge in [-0.3, -0.25) is 9.78 Å². The van der Waals surface area contributed by atoms with Crippen molar-refractivity contribution in [3.8, 4) is 11.9 Å². The molecule has 21 heavy (non-hydrogen) atoms. The summed E-state index contributed by atoms with van der Waals surface area (Å²) >= 11 is 0. The van der Waals surface area contributed by atoms with Crippen LogP contribution in [0, 0.1) is 17.4 Å². The van der Waals surface area contributed by atoms with Crippen molar-refractivity contribution in [1.82, 2.24) is 19.4 Å². The Labute approximate surface area is 121 Å². The highest BCUT2D eigenvalue weighted by molar-refractivity contribution is 5.92. The van der Waals surface area contributed by atoms with Crippen LogP contribution in [0.2, 0.25) is 0 Å². The van der Waals surface area contributed by atoms with Gasteiger partial charge in [-0.15, -0.1) is 0 Å². The summed E-state index contributed by atoms with van der Waals surface area (Å²) in [6.07, 6.45) is 9.55. The lowest BCUT2D eigenvalue weighted by atomic mass is 10.1. The number of anilines is 1. The summed E-state index contributed by atoms with van der Waals surface area (Å²) in [5.74, 6) is 0.247. The van der Waals surface area contributed by atoms with Crippen LogP contribution in [-0.2, 0) is 4.79 Å². The van der Waals surface area contributed by atoms with Crippen molar-refractivity contribution < 1.29 is 4.79 Å². The van der Waals surface area contributed by atoms with Gasteiger partial charge in [-0.1, -0.05) is 0 Å². The van der Waals surface area contributed by atoms with E-state index < -0.39 is 0 Å². The highest BCUT2D eigenvalue weighted by Gasteiger charge is 2.28. The first-order valence-electron chi connectivity index (χ1n) is 6.66. The number of nitrogens with zero attached hydrogens (tertiary/aromatic N) is 5. The number of rotatable bonds is 3. The summed E-state index contributed by atoms with van der Waals surface area (Å²) in [6, 6.07) is 3.74. The SMILES string of the molecule is N#CN1CCC(C(=O)Nc2cn(-c3cccnc3)cn2)C1. The van der Waals surface area contributed by atoms with Gasteiger partial charge in [0.05, 0.1) is 24.0 Å². The second-order valence-electron chi connectivity index (χ2n) is 4.90. The van der Waals surface area contributed by atoms with Crippen molar-refractivity contribution in [1.29, 1.82) is 5.26 Å². The number of amides is 1. The van der Waals surface area contributed by atoms with E-state index in [0.717, 1.165) is 5.69 Å². The maximum atomic E-state index is 12.1. The number of aromatic nitrogens is 3. The molecule has 2 aromatic heterocycles. The molecule has 0 saturated carbocycles. The molecule has 2 aromatic rings. The number of carbonyl (C=O) groups excluding carboxylic acids is 1. The van der Waals surface area contributed by atoms with Gasteiger partial charge in [-0.05, 0) is 18.6 Å². The highest BCUT2D eigenvalue weighted by atomic mass is 16.2. The van der Waals surface area contributed by atoms with E-state index in [0.29, 0.717) is 25.3 Å². The fourth-order valence-electron chi connectivity index (χ4n) is 2.33. The zero-order valence-corrected chi connectivity index (χ0v) is 11.3. The average molecular weight is 282 g/mol. The van der Waals surface area contributed by atoms with Gasteiger partial charge in [0.1, 0.15) is 6.33 Å². The Balaban J connectivity index is 1.65. The molecule has 1 fully saturated rings. The van der Waals surface area contributed by atoms with Gasteiger partial charge in [-0.2, -0.15) is 5.26 Å². The highest BCUT2D eigenvalue weighted by Crippen LogP contribution is 2.17. The number of carbonyl (C=O) groups is 1. The van der Waals surface area contributed by atoms with Crippen molar-refractivity contribution in [2.75, 3.05) is 18.4 Å². The maximum Gasteiger partial charge on any atom is 0.230 e. The summed E-state index contributed by atoms with van der Waals surface area (Å²) in [4.78, 5) is 21.9. The summed E-state index contributed by atoms with van der Waals surface area (Å²) < 4.78 is 1.79. The molecule has 0 spiro atoms. The zero-order chi connectivity index (χ0) is 14.7. The van der Waals surface area contributed by atoms with Crippen molar-refractivity contribution in [2.45, 2.75) is 6.42 Å². The van der Waals surface area contributed by atoms with Crippen LogP contribution < -0.4 is 5.32 Å². The van der Waals surface area contributed by atoms with Crippen LogP contribution >= 0.6 is 0 Å². The molecule has 1 N–H and O–H groups in total. The second kappa shape index (κ2) is 5.63. The topological polar surface area (TPSA) is 86.8 Å². The number of hydrogen-bond donors (Lipinski definition) is 1. The molecule has 1 aliphatic rings. The molecule has 1 saturated heterocycles. The first-order valence-corrected chi connectivity index (χ1v) is 6.66. The number of hydrogen-bond acceptors (Lipinski definition) is 5. The molecule has 7 nitrogen and oxygen atoms in total. The minimum Gasteiger partial charge on any atom is -0.310 e. The van der Waals surface area contributed by atoms with E-state index in [-0.39, 0.29) is 11.8 Å². The van der Waals surface area contributed by atoms with Gasteiger partial charge in [0, 0.05) is 19.3 Å². The third-order valence-corrected chi connectivity index (χ3v) is 3.48. The molecular weight excluding hydrogens is 268 g/mol. The standard InChI is InChI=1S/C14H14N6O/c15-9-19-5-3-11(7-19)14(21)18-13-8-20(10-17-13)12-2-1-4-16-6-12/h1-2,4,6,8,10-11H,3,5,7H2,(H,18,21). The van der Waals surface area contributed by atoms with Crippen molar-refractivity contribution in [3.63, 3.8) is 0 Å². The van der Waals surface area contributed by atoms with Gasteiger partial charge in [0.25, 0.3) is 0 Å². The predicted molar refractivity (Wildman–Crippen MR) is 75.3 cm³/mol. The van der Waals surface area contributed by atoms with Crippen molar-refractivity contribution in [2.24, 2.45) is 5.92 Å². The third kappa shape index (κ3) is 2.84. The van der Waals surface area contributed by atoms with E-state index in [9.17, 15) is 4.79 Å². The fourth-order valence-corrected chi connectivity index (χ4v) is 2.33. The van der Waals surface area contributed by atoms with E-state index in [1.165, 1.54) is 0 Å².